The average Bonchev–Trinajstić information content (AvgIpc) is 2.72. The fourth-order valence-electron chi connectivity index (χ4n) is 6.68. The first-order chi connectivity index (χ1) is 13.6. The summed E-state index contributed by atoms with van der Waals surface area (Å²) in [5.41, 5.74) is 2.82. The van der Waals surface area contributed by atoms with E-state index in [2.05, 4.69) is 17.4 Å². The van der Waals surface area contributed by atoms with Gasteiger partial charge in [-0.2, -0.15) is 0 Å². The summed E-state index contributed by atoms with van der Waals surface area (Å²) in [7, 11) is 0. The Hall–Kier alpha value is -1.55. The number of benzene rings is 1. The molecule has 3 aliphatic carbocycles. The van der Waals surface area contributed by atoms with Crippen molar-refractivity contribution in [2.24, 2.45) is 11.3 Å². The van der Waals surface area contributed by atoms with Gasteiger partial charge in [-0.15, -0.1) is 0 Å². The lowest BCUT2D eigenvalue weighted by Crippen LogP contribution is -2.59. The molecule has 5 rings (SSSR count). The van der Waals surface area contributed by atoms with E-state index in [-0.39, 0.29) is 11.4 Å². The molecule has 0 spiro atoms. The zero-order valence-corrected chi connectivity index (χ0v) is 17.1. The van der Waals surface area contributed by atoms with E-state index in [0.717, 1.165) is 44.6 Å². The van der Waals surface area contributed by atoms with Gasteiger partial charge >= 0.3 is 5.97 Å². The van der Waals surface area contributed by atoms with Gasteiger partial charge in [0.25, 0.3) is 0 Å². The zero-order valence-electron chi connectivity index (χ0n) is 17.1. The van der Waals surface area contributed by atoms with Crippen molar-refractivity contribution in [2.75, 3.05) is 6.54 Å². The first kappa shape index (κ1) is 18.5. The van der Waals surface area contributed by atoms with Crippen LogP contribution in [0, 0.1) is 11.3 Å². The molecule has 1 N–H and O–H groups in total. The van der Waals surface area contributed by atoms with Crippen molar-refractivity contribution >= 4 is 5.97 Å². The van der Waals surface area contributed by atoms with Gasteiger partial charge in [0.2, 0.25) is 0 Å². The van der Waals surface area contributed by atoms with Crippen molar-refractivity contribution in [3.63, 3.8) is 0 Å². The highest BCUT2D eigenvalue weighted by molar-refractivity contribution is 5.76. The van der Waals surface area contributed by atoms with Crippen LogP contribution >= 0.6 is 0 Å². The predicted molar refractivity (Wildman–Crippen MR) is 108 cm³/mol. The van der Waals surface area contributed by atoms with Gasteiger partial charge in [-0.25, -0.2) is 9.68 Å². The summed E-state index contributed by atoms with van der Waals surface area (Å²) in [4.78, 5) is 23.6. The van der Waals surface area contributed by atoms with Gasteiger partial charge in [0.15, 0.2) is 5.75 Å². The standard InChI is InChI=1S/C24H33NO3/c1-23(10-4-2-5-11-23)22(26)28-27-18-9-8-17-15-21-19-7-3-6-12-24(19,13-14-25-21)20(17)16-18/h8-9,16,19,21,25H,2-7,10-15H2,1H3/t19-,21+,24+/m0/s1. The molecule has 0 radical (unpaired) electrons. The predicted octanol–water partition coefficient (Wildman–Crippen LogP) is 4.84. The van der Waals surface area contributed by atoms with E-state index in [1.807, 2.05) is 13.0 Å². The van der Waals surface area contributed by atoms with Gasteiger partial charge < -0.3 is 5.32 Å². The number of carbonyl (C=O) groups is 1. The Labute approximate surface area is 168 Å². The van der Waals surface area contributed by atoms with Crippen molar-refractivity contribution in [3.05, 3.63) is 29.3 Å². The number of carbonyl (C=O) groups excluding carboxylic acids is 1. The van der Waals surface area contributed by atoms with Crippen LogP contribution in [0.25, 0.3) is 0 Å². The molecular formula is C24H33NO3. The monoisotopic (exact) mass is 383 g/mol. The third-order valence-corrected chi connectivity index (χ3v) is 8.28. The minimum Gasteiger partial charge on any atom is -0.313 e. The van der Waals surface area contributed by atoms with Gasteiger partial charge in [-0.05, 0) is 81.2 Å². The highest BCUT2D eigenvalue weighted by Gasteiger charge is 2.51. The maximum Gasteiger partial charge on any atom is 0.361 e. The fraction of sp³-hybridized carbons (Fsp3) is 0.708. The van der Waals surface area contributed by atoms with Crippen LogP contribution in [0.2, 0.25) is 0 Å². The molecule has 0 unspecified atom stereocenters. The van der Waals surface area contributed by atoms with E-state index >= 15 is 0 Å². The topological polar surface area (TPSA) is 47.6 Å². The van der Waals surface area contributed by atoms with Crippen LogP contribution in [0.1, 0.15) is 82.3 Å². The quantitative estimate of drug-likeness (QED) is 0.599. The minimum atomic E-state index is -0.387. The van der Waals surface area contributed by atoms with Crippen LogP contribution in [0.15, 0.2) is 18.2 Å². The molecule has 3 fully saturated rings. The van der Waals surface area contributed by atoms with Crippen LogP contribution < -0.4 is 10.2 Å². The van der Waals surface area contributed by atoms with Crippen LogP contribution in [-0.4, -0.2) is 18.6 Å². The molecule has 1 aromatic rings. The summed E-state index contributed by atoms with van der Waals surface area (Å²) >= 11 is 0. The Balaban J connectivity index is 1.37. The molecular weight excluding hydrogens is 350 g/mol. The van der Waals surface area contributed by atoms with Crippen molar-refractivity contribution in [2.45, 2.75) is 89.0 Å². The number of hydrogen-bond acceptors (Lipinski definition) is 4. The molecule has 2 saturated carbocycles. The summed E-state index contributed by atoms with van der Waals surface area (Å²) in [5, 5.41) is 3.78. The molecule has 4 aliphatic rings. The summed E-state index contributed by atoms with van der Waals surface area (Å²) in [6.45, 7) is 3.13. The van der Waals surface area contributed by atoms with Crippen molar-refractivity contribution < 1.29 is 14.6 Å². The van der Waals surface area contributed by atoms with Gasteiger partial charge in [0.05, 0.1) is 5.41 Å². The number of hydrogen-bond donors (Lipinski definition) is 1. The molecule has 28 heavy (non-hydrogen) atoms. The lowest BCUT2D eigenvalue weighted by molar-refractivity contribution is -0.226. The van der Waals surface area contributed by atoms with E-state index < -0.39 is 0 Å². The lowest BCUT2D eigenvalue weighted by atomic mass is 9.53. The lowest BCUT2D eigenvalue weighted by Gasteiger charge is -2.56. The number of nitrogens with one attached hydrogen (secondary N) is 1. The Kier molecular flexibility index (Phi) is 4.65. The number of fused-ring (bicyclic) bond motifs is 1. The van der Waals surface area contributed by atoms with Gasteiger partial charge in [-0.1, -0.05) is 38.2 Å². The third-order valence-electron chi connectivity index (χ3n) is 8.28. The molecule has 1 aromatic carbocycles. The highest BCUT2D eigenvalue weighted by Crippen LogP contribution is 2.54. The smallest absolute Gasteiger partial charge is 0.313 e. The van der Waals surface area contributed by atoms with E-state index in [1.165, 1.54) is 49.7 Å². The molecule has 0 aromatic heterocycles. The zero-order chi connectivity index (χ0) is 19.2. The second-order valence-corrected chi connectivity index (χ2v) is 9.92. The average molecular weight is 384 g/mol. The Morgan fingerprint density at radius 3 is 2.75 bits per heavy atom. The second-order valence-electron chi connectivity index (χ2n) is 9.92. The van der Waals surface area contributed by atoms with Gasteiger partial charge in [0, 0.05) is 11.5 Å². The van der Waals surface area contributed by atoms with Crippen LogP contribution in [0.4, 0.5) is 0 Å². The summed E-state index contributed by atoms with van der Waals surface area (Å²) in [5.74, 6) is 1.21. The first-order valence-electron chi connectivity index (χ1n) is 11.4. The molecule has 1 aliphatic heterocycles. The van der Waals surface area contributed by atoms with Crippen molar-refractivity contribution in [1.82, 2.24) is 5.32 Å². The molecule has 2 bridgehead atoms. The molecule has 1 saturated heterocycles. The normalized spacial score (nSPS) is 33.3. The number of piperidine rings is 1. The Bertz CT molecular complexity index is 750. The fourth-order valence-corrected chi connectivity index (χ4v) is 6.68. The molecule has 3 atom stereocenters. The van der Waals surface area contributed by atoms with Crippen molar-refractivity contribution in [3.8, 4) is 5.75 Å². The third kappa shape index (κ3) is 2.96. The van der Waals surface area contributed by atoms with Crippen molar-refractivity contribution in [1.29, 1.82) is 0 Å². The van der Waals surface area contributed by atoms with E-state index in [9.17, 15) is 4.79 Å². The van der Waals surface area contributed by atoms with E-state index in [0.29, 0.717) is 17.2 Å². The molecule has 0 amide bonds. The largest absolute Gasteiger partial charge is 0.361 e. The van der Waals surface area contributed by atoms with Crippen LogP contribution in [0.3, 0.4) is 0 Å². The van der Waals surface area contributed by atoms with E-state index in [4.69, 9.17) is 9.78 Å². The maximum absolute atomic E-state index is 12.6. The SMILES string of the molecule is CC1(C(=O)OOc2ccc3c(c2)[C@@]24CCCC[C@H]2[C@@H](C3)NCC4)CCCCC1. The molecule has 4 nitrogen and oxygen atoms in total. The summed E-state index contributed by atoms with van der Waals surface area (Å²) < 4.78 is 0. The minimum absolute atomic E-state index is 0.208. The second kappa shape index (κ2) is 7.05. The van der Waals surface area contributed by atoms with Crippen LogP contribution in [-0.2, 0) is 21.5 Å². The number of rotatable bonds is 3. The molecule has 4 heteroatoms. The molecule has 1 heterocycles. The highest BCUT2D eigenvalue weighted by atomic mass is 17.2. The Morgan fingerprint density at radius 2 is 1.89 bits per heavy atom. The summed E-state index contributed by atoms with van der Waals surface area (Å²) in [6, 6.07) is 6.99. The van der Waals surface area contributed by atoms with Crippen LogP contribution in [0.5, 0.6) is 5.75 Å². The summed E-state index contributed by atoms with van der Waals surface area (Å²) in [6.07, 6.45) is 12.8. The van der Waals surface area contributed by atoms with Gasteiger partial charge in [-0.3, -0.25) is 4.89 Å². The first-order valence-corrected chi connectivity index (χ1v) is 11.4. The molecule has 152 valence electrons. The van der Waals surface area contributed by atoms with E-state index in [1.54, 1.807) is 0 Å². The maximum atomic E-state index is 12.6. The Morgan fingerprint density at radius 1 is 1.07 bits per heavy atom. The van der Waals surface area contributed by atoms with Gasteiger partial charge in [0.1, 0.15) is 0 Å².